The van der Waals surface area contributed by atoms with E-state index >= 15 is 0 Å². The molecule has 9 heteroatoms. The van der Waals surface area contributed by atoms with Crippen molar-refractivity contribution in [1.29, 1.82) is 5.26 Å². The van der Waals surface area contributed by atoms with E-state index in [4.69, 9.17) is 10.00 Å². The number of ether oxygens (including phenoxy) is 1. The lowest BCUT2D eigenvalue weighted by Crippen LogP contribution is -2.30. The molecule has 29 heavy (non-hydrogen) atoms. The molecule has 0 fully saturated rings. The first-order valence-electron chi connectivity index (χ1n) is 8.89. The average molecular weight is 415 g/mol. The van der Waals surface area contributed by atoms with Crippen LogP contribution in [0.4, 0.5) is 5.69 Å². The number of nitrogens with one attached hydrogen (secondary N) is 1. The molecule has 0 aliphatic carbocycles. The maximum absolute atomic E-state index is 12.5. The summed E-state index contributed by atoms with van der Waals surface area (Å²) in [5.74, 6) is -1.36. The number of carbonyl (C=O) groups excluding carboxylic acids is 2. The van der Waals surface area contributed by atoms with Gasteiger partial charge in [0.1, 0.15) is 6.07 Å². The van der Waals surface area contributed by atoms with E-state index in [-0.39, 0.29) is 16.0 Å². The molecule has 0 spiro atoms. The van der Waals surface area contributed by atoms with Gasteiger partial charge in [0.2, 0.25) is 10.0 Å². The maximum Gasteiger partial charge on any atom is 0.338 e. The zero-order valence-corrected chi connectivity index (χ0v) is 16.9. The molecule has 0 aliphatic heterocycles. The highest BCUT2D eigenvalue weighted by Gasteiger charge is 2.22. The number of nitrogens with zero attached hydrogens (tertiary/aromatic N) is 2. The minimum Gasteiger partial charge on any atom is -0.452 e. The van der Waals surface area contributed by atoms with Crippen LogP contribution in [0.1, 0.15) is 29.8 Å². The van der Waals surface area contributed by atoms with Gasteiger partial charge in [0.05, 0.1) is 21.7 Å². The Kier molecular flexibility index (Phi) is 7.47. The minimum absolute atomic E-state index is 0.0728. The van der Waals surface area contributed by atoms with E-state index in [9.17, 15) is 18.0 Å². The van der Waals surface area contributed by atoms with Gasteiger partial charge in [0.25, 0.3) is 5.91 Å². The van der Waals surface area contributed by atoms with Crippen LogP contribution in [0.2, 0.25) is 0 Å². The van der Waals surface area contributed by atoms with Crippen LogP contribution in [0, 0.1) is 11.3 Å². The zero-order chi connectivity index (χ0) is 21.4. The van der Waals surface area contributed by atoms with E-state index in [1.807, 2.05) is 6.07 Å². The molecule has 0 radical (unpaired) electrons. The second-order valence-electron chi connectivity index (χ2n) is 5.90. The van der Waals surface area contributed by atoms with Gasteiger partial charge in [-0.3, -0.25) is 4.79 Å². The number of benzene rings is 2. The monoisotopic (exact) mass is 415 g/mol. The fourth-order valence-corrected chi connectivity index (χ4v) is 4.02. The first-order chi connectivity index (χ1) is 13.8. The van der Waals surface area contributed by atoms with Crippen molar-refractivity contribution >= 4 is 27.6 Å². The van der Waals surface area contributed by atoms with Gasteiger partial charge in [-0.1, -0.05) is 26.0 Å². The van der Waals surface area contributed by atoms with Gasteiger partial charge >= 0.3 is 5.97 Å². The predicted octanol–water partition coefficient (Wildman–Crippen LogP) is 2.38. The van der Waals surface area contributed by atoms with Crippen LogP contribution in [-0.2, 0) is 19.6 Å². The Morgan fingerprint density at radius 1 is 1.07 bits per heavy atom. The number of esters is 1. The molecule has 0 saturated carbocycles. The van der Waals surface area contributed by atoms with Crippen molar-refractivity contribution < 1.29 is 22.7 Å². The number of carbonyl (C=O) groups is 2. The number of sulfonamides is 1. The summed E-state index contributed by atoms with van der Waals surface area (Å²) in [6.45, 7) is 3.62. The molecule has 0 heterocycles. The molecule has 1 amide bonds. The highest BCUT2D eigenvalue weighted by atomic mass is 32.2. The second kappa shape index (κ2) is 9.82. The Morgan fingerprint density at radius 2 is 1.69 bits per heavy atom. The van der Waals surface area contributed by atoms with Crippen molar-refractivity contribution in [3.05, 3.63) is 59.7 Å². The Balaban J connectivity index is 1.99. The molecule has 0 unspecified atom stereocenters. The summed E-state index contributed by atoms with van der Waals surface area (Å²) in [6.07, 6.45) is 0. The molecule has 8 nitrogen and oxygen atoms in total. The van der Waals surface area contributed by atoms with Crippen LogP contribution >= 0.6 is 0 Å². The lowest BCUT2D eigenvalue weighted by atomic mass is 10.2. The average Bonchev–Trinajstić information content (AvgIpc) is 2.73. The summed E-state index contributed by atoms with van der Waals surface area (Å²) >= 11 is 0. The molecular weight excluding hydrogens is 394 g/mol. The smallest absolute Gasteiger partial charge is 0.338 e. The number of rotatable bonds is 8. The van der Waals surface area contributed by atoms with Crippen LogP contribution in [-0.4, -0.2) is 44.3 Å². The third kappa shape index (κ3) is 5.40. The largest absolute Gasteiger partial charge is 0.452 e. The summed E-state index contributed by atoms with van der Waals surface area (Å²) in [7, 11) is -3.62. The van der Waals surface area contributed by atoms with E-state index in [1.54, 1.807) is 38.1 Å². The normalized spacial score (nSPS) is 11.0. The predicted molar refractivity (Wildman–Crippen MR) is 107 cm³/mol. The maximum atomic E-state index is 12.5. The number of nitriles is 1. The topological polar surface area (TPSA) is 117 Å². The molecule has 152 valence electrons. The van der Waals surface area contributed by atoms with E-state index < -0.39 is 28.5 Å². The number of hydrogen-bond acceptors (Lipinski definition) is 6. The van der Waals surface area contributed by atoms with Crippen molar-refractivity contribution in [2.75, 3.05) is 25.0 Å². The van der Waals surface area contributed by atoms with Gasteiger partial charge in [0, 0.05) is 13.1 Å². The van der Waals surface area contributed by atoms with Crippen molar-refractivity contribution in [3.8, 4) is 6.07 Å². The number of anilines is 1. The Hall–Kier alpha value is -3.22. The lowest BCUT2D eigenvalue weighted by Gasteiger charge is -2.18. The van der Waals surface area contributed by atoms with E-state index in [0.717, 1.165) is 0 Å². The van der Waals surface area contributed by atoms with Gasteiger partial charge in [0.15, 0.2) is 6.61 Å². The van der Waals surface area contributed by atoms with Crippen molar-refractivity contribution in [1.82, 2.24) is 4.31 Å². The first-order valence-corrected chi connectivity index (χ1v) is 10.3. The van der Waals surface area contributed by atoms with E-state index in [2.05, 4.69) is 5.32 Å². The van der Waals surface area contributed by atoms with E-state index in [0.29, 0.717) is 18.8 Å². The molecule has 0 atom stereocenters. The molecule has 1 N–H and O–H groups in total. The summed E-state index contributed by atoms with van der Waals surface area (Å²) in [5.41, 5.74) is 0.730. The number of amides is 1. The fourth-order valence-electron chi connectivity index (χ4n) is 2.57. The Bertz CT molecular complexity index is 1020. The minimum atomic E-state index is -3.62. The summed E-state index contributed by atoms with van der Waals surface area (Å²) in [4.78, 5) is 24.2. The van der Waals surface area contributed by atoms with E-state index in [1.165, 1.54) is 28.6 Å². The SMILES string of the molecule is CCN(CC)S(=O)(=O)c1ccc(C(=O)OCC(=O)Nc2ccccc2C#N)cc1. The highest BCUT2D eigenvalue weighted by molar-refractivity contribution is 7.89. The second-order valence-corrected chi connectivity index (χ2v) is 7.83. The third-order valence-corrected chi connectivity index (χ3v) is 6.15. The van der Waals surface area contributed by atoms with Crippen molar-refractivity contribution in [3.63, 3.8) is 0 Å². The molecule has 2 rings (SSSR count). The zero-order valence-electron chi connectivity index (χ0n) is 16.1. The highest BCUT2D eigenvalue weighted by Crippen LogP contribution is 2.17. The van der Waals surface area contributed by atoms with Crippen LogP contribution in [0.25, 0.3) is 0 Å². The molecule has 0 aliphatic rings. The molecule has 2 aromatic rings. The molecule has 0 aromatic heterocycles. The van der Waals surface area contributed by atoms with Gasteiger partial charge in [-0.05, 0) is 36.4 Å². The molecular formula is C20H21N3O5S. The van der Waals surface area contributed by atoms with Crippen LogP contribution in [0.15, 0.2) is 53.4 Å². The van der Waals surface area contributed by atoms with Crippen molar-refractivity contribution in [2.24, 2.45) is 0 Å². The Labute approximate surface area is 169 Å². The van der Waals surface area contributed by atoms with Gasteiger partial charge in [-0.15, -0.1) is 0 Å². The van der Waals surface area contributed by atoms with Crippen LogP contribution in [0.5, 0.6) is 0 Å². The summed E-state index contributed by atoms with van der Waals surface area (Å²) in [5, 5.41) is 11.5. The summed E-state index contributed by atoms with van der Waals surface area (Å²) in [6, 6.07) is 13.7. The lowest BCUT2D eigenvalue weighted by molar-refractivity contribution is -0.119. The third-order valence-electron chi connectivity index (χ3n) is 4.09. The first kappa shape index (κ1) is 22.1. The molecule has 0 saturated heterocycles. The van der Waals surface area contributed by atoms with Crippen molar-refractivity contribution in [2.45, 2.75) is 18.7 Å². The summed E-state index contributed by atoms with van der Waals surface area (Å²) < 4.78 is 31.2. The van der Waals surface area contributed by atoms with Gasteiger partial charge in [-0.25, -0.2) is 13.2 Å². The van der Waals surface area contributed by atoms with Crippen LogP contribution in [0.3, 0.4) is 0 Å². The fraction of sp³-hybridized carbons (Fsp3) is 0.250. The number of hydrogen-bond donors (Lipinski definition) is 1. The molecule has 2 aromatic carbocycles. The van der Waals surface area contributed by atoms with Gasteiger partial charge in [-0.2, -0.15) is 9.57 Å². The van der Waals surface area contributed by atoms with Gasteiger partial charge < -0.3 is 10.1 Å². The number of para-hydroxylation sites is 1. The molecule has 0 bridgehead atoms. The quantitative estimate of drug-likeness (QED) is 0.662. The Morgan fingerprint density at radius 3 is 2.28 bits per heavy atom. The standard InChI is InChI=1S/C20H21N3O5S/c1-3-23(4-2)29(26,27)17-11-9-15(10-12-17)20(25)28-14-19(24)22-18-8-6-5-7-16(18)13-21/h5-12H,3-4,14H2,1-2H3,(H,22,24). The van der Waals surface area contributed by atoms with Crippen LogP contribution < -0.4 is 5.32 Å².